The van der Waals surface area contributed by atoms with Gasteiger partial charge in [-0.25, -0.2) is 4.79 Å². The average Bonchev–Trinajstić information content (AvgIpc) is 2.36. The molecule has 0 saturated carbocycles. The van der Waals surface area contributed by atoms with E-state index in [1.807, 2.05) is 0 Å². The Morgan fingerprint density at radius 2 is 1.95 bits per heavy atom. The molecule has 10 heteroatoms. The van der Waals surface area contributed by atoms with Gasteiger partial charge >= 0.3 is 18.9 Å². The van der Waals surface area contributed by atoms with Gasteiger partial charge in [-0.05, 0) is 12.1 Å². The summed E-state index contributed by atoms with van der Waals surface area (Å²) < 4.78 is 73.0. The summed E-state index contributed by atoms with van der Waals surface area (Å²) in [5.74, 6) is -3.37. The van der Waals surface area contributed by atoms with Gasteiger partial charge in [0.1, 0.15) is 22.9 Å². The second kappa shape index (κ2) is 6.25. The van der Waals surface area contributed by atoms with Gasteiger partial charge in [0.25, 0.3) is 0 Å². The maximum Gasteiger partial charge on any atom is 0.573 e. The first-order valence-electron chi connectivity index (χ1n) is 5.05. The average molecular weight is 311 g/mol. The smallest absolute Gasteiger partial charge is 0.465 e. The lowest BCUT2D eigenvalue weighted by Crippen LogP contribution is -2.20. The van der Waals surface area contributed by atoms with Gasteiger partial charge in [0.05, 0.1) is 7.11 Å². The number of carbonyl (C=O) groups is 1. The molecule has 0 N–H and O–H groups in total. The molecule has 0 atom stereocenters. The van der Waals surface area contributed by atoms with Gasteiger partial charge in [-0.1, -0.05) is 0 Å². The van der Waals surface area contributed by atoms with Crippen LogP contribution in [0, 0.1) is 11.3 Å². The normalized spacial score (nSPS) is 11.0. The molecule has 21 heavy (non-hydrogen) atoms. The van der Waals surface area contributed by atoms with Crippen LogP contribution in [-0.2, 0) is 4.74 Å². The lowest BCUT2D eigenvalue weighted by Gasteiger charge is -2.15. The Balaban J connectivity index is 3.49. The van der Waals surface area contributed by atoms with E-state index < -0.39 is 41.6 Å². The highest BCUT2D eigenvalue weighted by Gasteiger charge is 2.36. The number of rotatable bonds is 4. The van der Waals surface area contributed by atoms with Crippen LogP contribution in [0.3, 0.4) is 0 Å². The van der Waals surface area contributed by atoms with Crippen molar-refractivity contribution >= 4 is 5.97 Å². The summed E-state index contributed by atoms with van der Waals surface area (Å²) in [5.41, 5.74) is -1.76. The zero-order chi connectivity index (χ0) is 16.2. The highest BCUT2D eigenvalue weighted by molar-refractivity contribution is 5.94. The molecule has 0 saturated heterocycles. The second-order valence-electron chi connectivity index (χ2n) is 3.35. The Morgan fingerprint density at radius 3 is 2.38 bits per heavy atom. The van der Waals surface area contributed by atoms with E-state index in [-0.39, 0.29) is 0 Å². The number of methoxy groups -OCH3 is 1. The zero-order valence-corrected chi connectivity index (χ0v) is 10.2. The number of halogens is 5. The molecule has 1 aromatic rings. The van der Waals surface area contributed by atoms with Crippen molar-refractivity contribution in [3.8, 4) is 17.6 Å². The Kier molecular flexibility index (Phi) is 4.91. The molecular weight excluding hydrogens is 305 g/mol. The molecule has 1 rings (SSSR count). The highest BCUT2D eigenvalue weighted by atomic mass is 19.4. The number of nitrogens with zero attached hydrogens (tertiary/aromatic N) is 1. The van der Waals surface area contributed by atoms with Gasteiger partial charge in [-0.15, -0.1) is 13.2 Å². The lowest BCUT2D eigenvalue weighted by molar-refractivity contribution is -0.274. The van der Waals surface area contributed by atoms with Gasteiger partial charge in [-0.2, -0.15) is 14.0 Å². The van der Waals surface area contributed by atoms with E-state index in [0.717, 1.165) is 13.2 Å². The Bertz CT molecular complexity index is 579. The predicted octanol–water partition coefficient (Wildman–Crippen LogP) is 2.84. The van der Waals surface area contributed by atoms with E-state index >= 15 is 0 Å². The predicted molar refractivity (Wildman–Crippen MR) is 55.8 cm³/mol. The maximum absolute atomic E-state index is 12.3. The van der Waals surface area contributed by atoms with E-state index in [2.05, 4.69) is 14.2 Å². The first-order chi connectivity index (χ1) is 9.69. The molecule has 0 bridgehead atoms. The van der Waals surface area contributed by atoms with Crippen LogP contribution < -0.4 is 9.47 Å². The number of alkyl halides is 5. The first-order valence-corrected chi connectivity index (χ1v) is 5.05. The van der Waals surface area contributed by atoms with Gasteiger partial charge in [0.15, 0.2) is 5.75 Å². The standard InChI is InChI=1S/C11H6F5NO4/c1-19-9(18)5-2-3-7(20-10(12)13)6(4-17)8(5)21-11(14,15)16/h2-3,10H,1H3. The van der Waals surface area contributed by atoms with E-state index in [4.69, 9.17) is 5.26 Å². The van der Waals surface area contributed by atoms with Crippen molar-refractivity contribution < 1.29 is 41.0 Å². The van der Waals surface area contributed by atoms with E-state index in [1.165, 1.54) is 6.07 Å². The summed E-state index contributed by atoms with van der Waals surface area (Å²) in [7, 11) is 0.884. The molecular formula is C11H6F5NO4. The van der Waals surface area contributed by atoms with Crippen LogP contribution in [0.1, 0.15) is 15.9 Å². The maximum atomic E-state index is 12.3. The van der Waals surface area contributed by atoms with Gasteiger partial charge in [-0.3, -0.25) is 0 Å². The van der Waals surface area contributed by atoms with E-state index in [1.54, 1.807) is 0 Å². The van der Waals surface area contributed by atoms with Crippen LogP contribution in [0.15, 0.2) is 12.1 Å². The van der Waals surface area contributed by atoms with Crippen LogP contribution in [0.5, 0.6) is 11.5 Å². The van der Waals surface area contributed by atoms with Crippen LogP contribution in [0.2, 0.25) is 0 Å². The zero-order valence-electron chi connectivity index (χ0n) is 10.2. The van der Waals surface area contributed by atoms with Crippen LogP contribution >= 0.6 is 0 Å². The minimum absolute atomic E-state index is 0.714. The van der Waals surface area contributed by atoms with Crippen molar-refractivity contribution in [3.63, 3.8) is 0 Å². The molecule has 0 radical (unpaired) electrons. The van der Waals surface area contributed by atoms with Crippen molar-refractivity contribution in [2.45, 2.75) is 13.0 Å². The molecule has 0 fully saturated rings. The van der Waals surface area contributed by atoms with Crippen LogP contribution in [0.4, 0.5) is 22.0 Å². The molecule has 1 aromatic carbocycles. The Hall–Kier alpha value is -2.57. The molecule has 0 heterocycles. The number of nitriles is 1. The monoisotopic (exact) mass is 311 g/mol. The topological polar surface area (TPSA) is 68.5 Å². The lowest BCUT2D eigenvalue weighted by atomic mass is 10.1. The fourth-order valence-electron chi connectivity index (χ4n) is 1.36. The largest absolute Gasteiger partial charge is 0.573 e. The summed E-state index contributed by atoms with van der Waals surface area (Å²) in [6, 6.07) is 2.67. The molecule has 0 aliphatic rings. The molecule has 0 aliphatic heterocycles. The highest BCUT2D eigenvalue weighted by Crippen LogP contribution is 2.36. The summed E-state index contributed by atoms with van der Waals surface area (Å²) in [5, 5.41) is 8.81. The molecule has 0 aromatic heterocycles. The van der Waals surface area contributed by atoms with Crippen LogP contribution in [0.25, 0.3) is 0 Å². The third-order valence-electron chi connectivity index (χ3n) is 2.07. The van der Waals surface area contributed by atoms with E-state index in [9.17, 15) is 26.7 Å². The first kappa shape index (κ1) is 16.5. The molecule has 5 nitrogen and oxygen atoms in total. The van der Waals surface area contributed by atoms with Crippen molar-refractivity contribution in [2.75, 3.05) is 7.11 Å². The molecule has 0 aliphatic carbocycles. The number of carbonyl (C=O) groups excluding carboxylic acids is 1. The third-order valence-corrected chi connectivity index (χ3v) is 2.07. The number of benzene rings is 1. The van der Waals surface area contributed by atoms with Crippen molar-refractivity contribution in [1.29, 1.82) is 5.26 Å². The molecule has 114 valence electrons. The Labute approximate surface area is 114 Å². The quantitative estimate of drug-likeness (QED) is 0.632. The Morgan fingerprint density at radius 1 is 1.33 bits per heavy atom. The second-order valence-corrected chi connectivity index (χ2v) is 3.35. The molecule has 0 spiro atoms. The number of esters is 1. The summed E-state index contributed by atoms with van der Waals surface area (Å²) in [6.45, 7) is -3.38. The van der Waals surface area contributed by atoms with Gasteiger partial charge in [0, 0.05) is 0 Å². The fraction of sp³-hybridized carbons (Fsp3) is 0.273. The molecule has 0 unspecified atom stereocenters. The number of hydrogen-bond acceptors (Lipinski definition) is 5. The fourth-order valence-corrected chi connectivity index (χ4v) is 1.36. The van der Waals surface area contributed by atoms with Gasteiger partial charge < -0.3 is 14.2 Å². The third kappa shape index (κ3) is 4.20. The van der Waals surface area contributed by atoms with Crippen molar-refractivity contribution in [2.24, 2.45) is 0 Å². The number of hydrogen-bond donors (Lipinski definition) is 0. The van der Waals surface area contributed by atoms with E-state index in [0.29, 0.717) is 6.07 Å². The van der Waals surface area contributed by atoms with Gasteiger partial charge in [0.2, 0.25) is 0 Å². The minimum atomic E-state index is -5.25. The van der Waals surface area contributed by atoms with Crippen molar-refractivity contribution in [1.82, 2.24) is 0 Å². The SMILES string of the molecule is COC(=O)c1ccc(OC(F)F)c(C#N)c1OC(F)(F)F. The number of ether oxygens (including phenoxy) is 3. The summed E-state index contributed by atoms with van der Waals surface area (Å²) >= 11 is 0. The molecule has 0 amide bonds. The summed E-state index contributed by atoms with van der Waals surface area (Å²) in [4.78, 5) is 11.4. The minimum Gasteiger partial charge on any atom is -0.465 e. The summed E-state index contributed by atoms with van der Waals surface area (Å²) in [6.07, 6.45) is -5.25. The van der Waals surface area contributed by atoms with Crippen LogP contribution in [-0.4, -0.2) is 26.1 Å². The van der Waals surface area contributed by atoms with Crippen molar-refractivity contribution in [3.05, 3.63) is 23.3 Å².